The second kappa shape index (κ2) is 6.80. The number of carbonyl (C=O) groups is 4. The Morgan fingerprint density at radius 2 is 1.55 bits per heavy atom. The van der Waals surface area contributed by atoms with Crippen molar-refractivity contribution in [3.8, 4) is 17.2 Å². The number of Topliss-reactive ketones (excluding diaryl/α,β-unsaturated/α-hetero) is 1. The SMILES string of the molecule is O=C1CC2(O)CC(=O)Oc3c(C(=O)C(O)c4ccccc4)ccc(c3OC2=O)O1. The van der Waals surface area contributed by atoms with Gasteiger partial charge in [0.25, 0.3) is 0 Å². The minimum atomic E-state index is -2.45. The number of carbonyl (C=O) groups excluding carboxylic acids is 4. The molecule has 9 heteroatoms. The van der Waals surface area contributed by atoms with Crippen molar-refractivity contribution in [3.63, 3.8) is 0 Å². The zero-order chi connectivity index (χ0) is 20.8. The number of benzene rings is 2. The predicted octanol–water partition coefficient (Wildman–Crippen LogP) is 0.858. The minimum Gasteiger partial charge on any atom is -0.422 e. The van der Waals surface area contributed by atoms with Crippen LogP contribution >= 0.6 is 0 Å². The number of aliphatic hydroxyl groups excluding tert-OH is 1. The molecule has 2 aliphatic heterocycles. The predicted molar refractivity (Wildman–Crippen MR) is 93.3 cm³/mol. The van der Waals surface area contributed by atoms with Crippen molar-refractivity contribution >= 4 is 23.7 Å². The van der Waals surface area contributed by atoms with E-state index in [0.29, 0.717) is 5.56 Å². The molecule has 2 aromatic rings. The first-order valence-corrected chi connectivity index (χ1v) is 8.59. The lowest BCUT2D eigenvalue weighted by atomic mass is 9.94. The topological polar surface area (TPSA) is 136 Å². The zero-order valence-electron chi connectivity index (χ0n) is 14.8. The Kier molecular flexibility index (Phi) is 4.40. The second-order valence-corrected chi connectivity index (χ2v) is 6.67. The van der Waals surface area contributed by atoms with Gasteiger partial charge in [0, 0.05) is 0 Å². The van der Waals surface area contributed by atoms with Gasteiger partial charge in [0.15, 0.2) is 22.9 Å². The molecule has 0 saturated carbocycles. The van der Waals surface area contributed by atoms with Gasteiger partial charge < -0.3 is 24.4 Å². The Balaban J connectivity index is 1.85. The van der Waals surface area contributed by atoms with Gasteiger partial charge in [0.1, 0.15) is 6.10 Å². The number of fused-ring (bicyclic) bond motifs is 2. The number of ether oxygens (including phenoxy) is 3. The highest BCUT2D eigenvalue weighted by Gasteiger charge is 2.48. The number of ketones is 1. The molecule has 2 N–H and O–H groups in total. The minimum absolute atomic E-state index is 0.261. The van der Waals surface area contributed by atoms with Crippen molar-refractivity contribution in [1.82, 2.24) is 0 Å². The molecule has 148 valence electrons. The van der Waals surface area contributed by atoms with Crippen LogP contribution in [-0.2, 0) is 14.4 Å². The Morgan fingerprint density at radius 1 is 0.897 bits per heavy atom. The van der Waals surface area contributed by atoms with Gasteiger partial charge in [-0.25, -0.2) is 4.79 Å². The van der Waals surface area contributed by atoms with Crippen LogP contribution in [0.15, 0.2) is 42.5 Å². The highest BCUT2D eigenvalue weighted by atomic mass is 16.6. The van der Waals surface area contributed by atoms with Crippen molar-refractivity contribution in [1.29, 1.82) is 0 Å². The molecular weight excluding hydrogens is 384 g/mol. The summed E-state index contributed by atoms with van der Waals surface area (Å²) >= 11 is 0. The molecule has 0 saturated heterocycles. The maximum atomic E-state index is 12.9. The Labute approximate surface area is 163 Å². The zero-order valence-corrected chi connectivity index (χ0v) is 14.8. The van der Waals surface area contributed by atoms with E-state index in [-0.39, 0.29) is 11.3 Å². The van der Waals surface area contributed by atoms with Gasteiger partial charge in [0.05, 0.1) is 18.4 Å². The molecule has 29 heavy (non-hydrogen) atoms. The van der Waals surface area contributed by atoms with E-state index in [9.17, 15) is 29.4 Å². The van der Waals surface area contributed by atoms with Gasteiger partial charge in [-0.05, 0) is 17.7 Å². The molecule has 2 heterocycles. The van der Waals surface area contributed by atoms with E-state index < -0.39 is 59.7 Å². The summed E-state index contributed by atoms with van der Waals surface area (Å²) in [5.74, 6) is -5.34. The van der Waals surface area contributed by atoms with Crippen LogP contribution in [0.1, 0.15) is 34.9 Å². The molecule has 0 aromatic heterocycles. The van der Waals surface area contributed by atoms with E-state index in [4.69, 9.17) is 14.2 Å². The molecular formula is C20H14O9. The lowest BCUT2D eigenvalue weighted by molar-refractivity contribution is -0.170. The lowest BCUT2D eigenvalue weighted by Gasteiger charge is -2.30. The lowest BCUT2D eigenvalue weighted by Crippen LogP contribution is -2.49. The Bertz CT molecular complexity index is 1040. The molecule has 2 aliphatic rings. The standard InChI is InChI=1S/C20H14O9/c21-13-8-20(26)9-14(22)28-17-11(6-7-12(27-13)18(17)29-19(20)25)16(24)15(23)10-4-2-1-3-5-10/h1-7,15,23,26H,8-9H2. The van der Waals surface area contributed by atoms with Gasteiger partial charge in [0.2, 0.25) is 5.75 Å². The average Bonchev–Trinajstić information content (AvgIpc) is 2.68. The van der Waals surface area contributed by atoms with Crippen molar-refractivity contribution < 1.29 is 43.6 Å². The van der Waals surface area contributed by atoms with Gasteiger partial charge in [-0.3, -0.25) is 14.4 Å². The highest BCUT2D eigenvalue weighted by Crippen LogP contribution is 2.45. The summed E-state index contributed by atoms with van der Waals surface area (Å²) in [6.45, 7) is 0. The third kappa shape index (κ3) is 3.26. The van der Waals surface area contributed by atoms with E-state index in [1.165, 1.54) is 24.3 Å². The summed E-state index contributed by atoms with van der Waals surface area (Å²) in [6.07, 6.45) is -3.26. The number of rotatable bonds is 3. The molecule has 4 rings (SSSR count). The monoisotopic (exact) mass is 398 g/mol. The molecule has 0 radical (unpaired) electrons. The highest BCUT2D eigenvalue weighted by molar-refractivity contribution is 6.05. The van der Waals surface area contributed by atoms with Crippen LogP contribution in [0.3, 0.4) is 0 Å². The third-order valence-electron chi connectivity index (χ3n) is 4.59. The molecule has 2 atom stereocenters. The molecule has 0 aliphatic carbocycles. The van der Waals surface area contributed by atoms with E-state index >= 15 is 0 Å². The van der Waals surface area contributed by atoms with Crippen LogP contribution in [0.25, 0.3) is 0 Å². The fourth-order valence-corrected chi connectivity index (χ4v) is 3.13. The van der Waals surface area contributed by atoms with E-state index in [2.05, 4.69) is 0 Å². The number of aliphatic hydroxyl groups is 2. The van der Waals surface area contributed by atoms with Crippen LogP contribution in [-0.4, -0.2) is 39.5 Å². The summed E-state index contributed by atoms with van der Waals surface area (Å²) < 4.78 is 15.4. The summed E-state index contributed by atoms with van der Waals surface area (Å²) in [6, 6.07) is 10.4. The van der Waals surface area contributed by atoms with Crippen molar-refractivity contribution in [2.75, 3.05) is 0 Å². The Morgan fingerprint density at radius 3 is 2.24 bits per heavy atom. The van der Waals surface area contributed by atoms with Crippen LogP contribution in [0.5, 0.6) is 17.2 Å². The fraction of sp³-hybridized carbons (Fsp3) is 0.200. The largest absolute Gasteiger partial charge is 0.422 e. The first kappa shape index (κ1) is 18.8. The quantitative estimate of drug-likeness (QED) is 0.438. The number of esters is 3. The average molecular weight is 398 g/mol. The van der Waals surface area contributed by atoms with E-state index in [0.717, 1.165) is 0 Å². The van der Waals surface area contributed by atoms with Gasteiger partial charge in [-0.15, -0.1) is 0 Å². The molecule has 2 bridgehead atoms. The third-order valence-corrected chi connectivity index (χ3v) is 4.59. The van der Waals surface area contributed by atoms with Gasteiger partial charge >= 0.3 is 17.9 Å². The van der Waals surface area contributed by atoms with E-state index in [1.54, 1.807) is 18.2 Å². The van der Waals surface area contributed by atoms with Crippen LogP contribution in [0.4, 0.5) is 0 Å². The molecule has 2 aromatic carbocycles. The molecule has 2 unspecified atom stereocenters. The summed E-state index contributed by atoms with van der Waals surface area (Å²) in [7, 11) is 0. The van der Waals surface area contributed by atoms with Gasteiger partial charge in [-0.2, -0.15) is 0 Å². The molecule has 0 amide bonds. The van der Waals surface area contributed by atoms with Crippen molar-refractivity contribution in [2.24, 2.45) is 0 Å². The first-order chi connectivity index (χ1) is 13.8. The maximum absolute atomic E-state index is 12.9. The summed E-state index contributed by atoms with van der Waals surface area (Å²) in [4.78, 5) is 49.5. The summed E-state index contributed by atoms with van der Waals surface area (Å²) in [5, 5.41) is 20.8. The fourth-order valence-electron chi connectivity index (χ4n) is 3.13. The smallest absolute Gasteiger partial charge is 0.345 e. The normalized spacial score (nSPS) is 21.7. The maximum Gasteiger partial charge on any atom is 0.345 e. The Hall–Kier alpha value is -3.56. The van der Waals surface area contributed by atoms with Crippen LogP contribution in [0.2, 0.25) is 0 Å². The van der Waals surface area contributed by atoms with Gasteiger partial charge in [-0.1, -0.05) is 30.3 Å². The molecule has 0 spiro atoms. The van der Waals surface area contributed by atoms with Crippen molar-refractivity contribution in [3.05, 3.63) is 53.6 Å². The molecule has 0 fully saturated rings. The van der Waals surface area contributed by atoms with Crippen molar-refractivity contribution in [2.45, 2.75) is 24.5 Å². The number of hydrogen-bond acceptors (Lipinski definition) is 9. The first-order valence-electron chi connectivity index (χ1n) is 8.59. The summed E-state index contributed by atoms with van der Waals surface area (Å²) in [5.41, 5.74) is -2.41. The second-order valence-electron chi connectivity index (χ2n) is 6.67. The van der Waals surface area contributed by atoms with Crippen LogP contribution < -0.4 is 14.2 Å². The molecule has 9 nitrogen and oxygen atoms in total. The van der Waals surface area contributed by atoms with E-state index in [1.807, 2.05) is 0 Å². The number of hydrogen-bond donors (Lipinski definition) is 2. The van der Waals surface area contributed by atoms with Crippen LogP contribution in [0, 0.1) is 0 Å².